The van der Waals surface area contributed by atoms with Gasteiger partial charge in [0.15, 0.2) is 0 Å². The third-order valence-electron chi connectivity index (χ3n) is 6.26. The van der Waals surface area contributed by atoms with Crippen molar-refractivity contribution < 1.29 is 23.9 Å². The second-order valence-corrected chi connectivity index (χ2v) is 8.97. The Bertz CT molecular complexity index is 854. The largest absolute Gasteiger partial charge is 0.491 e. The van der Waals surface area contributed by atoms with Gasteiger partial charge in [0, 0.05) is 51.2 Å². The molecule has 8 nitrogen and oxygen atoms in total. The lowest BCUT2D eigenvalue weighted by Gasteiger charge is -2.36. The van der Waals surface area contributed by atoms with Gasteiger partial charge in [-0.25, -0.2) is 0 Å². The number of amides is 3. The second-order valence-electron chi connectivity index (χ2n) is 8.97. The summed E-state index contributed by atoms with van der Waals surface area (Å²) >= 11 is 0. The maximum atomic E-state index is 13.3. The number of methoxy groups -OCH3 is 1. The molecular formula is C24H35N3O5. The van der Waals surface area contributed by atoms with Gasteiger partial charge in [-0.1, -0.05) is 13.8 Å². The van der Waals surface area contributed by atoms with E-state index in [0.29, 0.717) is 36.5 Å². The number of fused-ring (bicyclic) bond motifs is 1. The molecule has 1 aromatic carbocycles. The number of hydrogen-bond donors (Lipinski definition) is 1. The number of nitrogens with one attached hydrogen (secondary N) is 1. The zero-order chi connectivity index (χ0) is 23.4. The predicted octanol–water partition coefficient (Wildman–Crippen LogP) is 2.78. The van der Waals surface area contributed by atoms with Gasteiger partial charge < -0.3 is 24.6 Å². The summed E-state index contributed by atoms with van der Waals surface area (Å²) in [5, 5.41) is 2.80. The number of likely N-dealkylation sites (N-methyl/N-ethyl adjacent to an activating group) is 1. The number of nitrogens with zero attached hydrogens (tertiary/aromatic N) is 2. The van der Waals surface area contributed by atoms with Crippen LogP contribution in [0.5, 0.6) is 5.75 Å². The highest BCUT2D eigenvalue weighted by Gasteiger charge is 2.37. The van der Waals surface area contributed by atoms with E-state index in [9.17, 15) is 14.4 Å². The van der Waals surface area contributed by atoms with Crippen molar-refractivity contribution in [1.29, 1.82) is 0 Å². The fourth-order valence-corrected chi connectivity index (χ4v) is 3.98. The molecule has 0 saturated heterocycles. The van der Waals surface area contributed by atoms with Crippen molar-refractivity contribution in [1.82, 2.24) is 9.80 Å². The SMILES string of the molecule is CCC(=O)Nc1ccc2c(c1)C(=O)N(C)C[C@@H](OC)[C@@H](C)CN(C(=O)C1CC1)[C@@H](C)CO2. The molecule has 1 N–H and O–H groups in total. The molecule has 0 bridgehead atoms. The first-order valence-electron chi connectivity index (χ1n) is 11.4. The summed E-state index contributed by atoms with van der Waals surface area (Å²) in [7, 11) is 3.36. The van der Waals surface area contributed by atoms with Crippen molar-refractivity contribution in [3.8, 4) is 5.75 Å². The summed E-state index contributed by atoms with van der Waals surface area (Å²) < 4.78 is 11.8. The molecule has 0 unspecified atom stereocenters. The van der Waals surface area contributed by atoms with Crippen molar-refractivity contribution in [2.75, 3.05) is 39.2 Å². The molecule has 0 spiro atoms. The van der Waals surface area contributed by atoms with Crippen LogP contribution in [-0.2, 0) is 14.3 Å². The Morgan fingerprint density at radius 3 is 2.56 bits per heavy atom. The molecule has 8 heteroatoms. The van der Waals surface area contributed by atoms with E-state index in [1.54, 1.807) is 44.2 Å². The van der Waals surface area contributed by atoms with Gasteiger partial charge in [0.05, 0.1) is 17.7 Å². The van der Waals surface area contributed by atoms with Gasteiger partial charge in [0.1, 0.15) is 12.4 Å². The maximum absolute atomic E-state index is 13.3. The van der Waals surface area contributed by atoms with Gasteiger partial charge in [-0.2, -0.15) is 0 Å². The fourth-order valence-electron chi connectivity index (χ4n) is 3.98. The third kappa shape index (κ3) is 5.59. The third-order valence-corrected chi connectivity index (χ3v) is 6.26. The summed E-state index contributed by atoms with van der Waals surface area (Å²) in [6.45, 7) is 6.99. The highest BCUT2D eigenvalue weighted by molar-refractivity contribution is 5.99. The quantitative estimate of drug-likeness (QED) is 0.770. The summed E-state index contributed by atoms with van der Waals surface area (Å²) in [6, 6.07) is 4.93. The van der Waals surface area contributed by atoms with Crippen LogP contribution in [0.1, 0.15) is 50.4 Å². The average Bonchev–Trinajstić information content (AvgIpc) is 3.63. The van der Waals surface area contributed by atoms with Crippen molar-refractivity contribution >= 4 is 23.4 Å². The number of carbonyl (C=O) groups excluding carboxylic acids is 3. The van der Waals surface area contributed by atoms with Crippen LogP contribution in [0.25, 0.3) is 0 Å². The van der Waals surface area contributed by atoms with Crippen LogP contribution >= 0.6 is 0 Å². The van der Waals surface area contributed by atoms with Gasteiger partial charge in [-0.15, -0.1) is 0 Å². The lowest BCUT2D eigenvalue weighted by Crippen LogP contribution is -2.49. The Morgan fingerprint density at radius 1 is 1.22 bits per heavy atom. The summed E-state index contributed by atoms with van der Waals surface area (Å²) in [5.74, 6) is 0.415. The highest BCUT2D eigenvalue weighted by Crippen LogP contribution is 2.33. The number of ether oxygens (including phenoxy) is 2. The zero-order valence-corrected chi connectivity index (χ0v) is 19.7. The first kappa shape index (κ1) is 24.0. The first-order chi connectivity index (χ1) is 15.2. The van der Waals surface area contributed by atoms with Gasteiger partial charge in [0.2, 0.25) is 11.8 Å². The molecule has 3 rings (SSSR count). The monoisotopic (exact) mass is 445 g/mol. The summed E-state index contributed by atoms with van der Waals surface area (Å²) in [4.78, 5) is 41.6. The van der Waals surface area contributed by atoms with Crippen LogP contribution in [0.3, 0.4) is 0 Å². The van der Waals surface area contributed by atoms with E-state index in [-0.39, 0.29) is 48.3 Å². The topological polar surface area (TPSA) is 88.2 Å². The van der Waals surface area contributed by atoms with Crippen LogP contribution in [-0.4, -0.2) is 73.5 Å². The minimum absolute atomic E-state index is 0.0365. The van der Waals surface area contributed by atoms with E-state index in [2.05, 4.69) is 5.32 Å². The molecule has 0 aromatic heterocycles. The van der Waals surface area contributed by atoms with E-state index >= 15 is 0 Å². The van der Waals surface area contributed by atoms with Crippen molar-refractivity contribution in [2.24, 2.45) is 11.8 Å². The van der Waals surface area contributed by atoms with E-state index < -0.39 is 0 Å². The average molecular weight is 446 g/mol. The van der Waals surface area contributed by atoms with Gasteiger partial charge in [0.25, 0.3) is 5.91 Å². The molecule has 3 amide bonds. The Morgan fingerprint density at radius 2 is 1.94 bits per heavy atom. The molecular weight excluding hydrogens is 410 g/mol. The highest BCUT2D eigenvalue weighted by atomic mass is 16.5. The molecule has 1 aliphatic heterocycles. The second kappa shape index (κ2) is 10.3. The summed E-state index contributed by atoms with van der Waals surface area (Å²) in [5.41, 5.74) is 0.917. The van der Waals surface area contributed by atoms with E-state index in [1.165, 1.54) is 0 Å². The van der Waals surface area contributed by atoms with Gasteiger partial charge >= 0.3 is 0 Å². The molecule has 32 heavy (non-hydrogen) atoms. The van der Waals surface area contributed by atoms with Gasteiger partial charge in [-0.05, 0) is 38.0 Å². The Kier molecular flexibility index (Phi) is 7.77. The molecule has 176 valence electrons. The van der Waals surface area contributed by atoms with Crippen LogP contribution in [0.15, 0.2) is 18.2 Å². The first-order valence-corrected chi connectivity index (χ1v) is 11.4. The number of rotatable bonds is 4. The Labute approximate surface area is 190 Å². The van der Waals surface area contributed by atoms with Crippen LogP contribution in [0.4, 0.5) is 5.69 Å². The van der Waals surface area contributed by atoms with Gasteiger partial charge in [-0.3, -0.25) is 14.4 Å². The maximum Gasteiger partial charge on any atom is 0.257 e. The number of hydrogen-bond acceptors (Lipinski definition) is 5. The normalized spacial score (nSPS) is 24.7. The number of benzene rings is 1. The molecule has 1 aliphatic carbocycles. The predicted molar refractivity (Wildman–Crippen MR) is 122 cm³/mol. The van der Waals surface area contributed by atoms with Crippen molar-refractivity contribution in [3.63, 3.8) is 0 Å². The zero-order valence-electron chi connectivity index (χ0n) is 19.7. The standard InChI is InChI=1S/C24H35N3O5/c1-6-22(28)25-18-9-10-20-19(11-18)24(30)26(4)13-21(31-5)15(2)12-27(16(3)14-32-20)23(29)17-7-8-17/h9-11,15-17,21H,6-8,12-14H2,1-5H3,(H,25,28)/t15-,16-,21+/m0/s1. The lowest BCUT2D eigenvalue weighted by molar-refractivity contribution is -0.136. The van der Waals surface area contributed by atoms with Crippen LogP contribution in [0, 0.1) is 11.8 Å². The Balaban J connectivity index is 1.94. The van der Waals surface area contributed by atoms with E-state index in [0.717, 1.165) is 12.8 Å². The minimum atomic E-state index is -0.225. The fraction of sp³-hybridized carbons (Fsp3) is 0.625. The van der Waals surface area contributed by atoms with E-state index in [1.807, 2.05) is 18.7 Å². The minimum Gasteiger partial charge on any atom is -0.491 e. The summed E-state index contributed by atoms with van der Waals surface area (Å²) in [6.07, 6.45) is 2.00. The molecule has 1 aromatic rings. The molecule has 1 saturated carbocycles. The molecule has 1 fully saturated rings. The molecule has 3 atom stereocenters. The van der Waals surface area contributed by atoms with E-state index in [4.69, 9.17) is 9.47 Å². The van der Waals surface area contributed by atoms with Crippen molar-refractivity contribution in [2.45, 2.75) is 52.2 Å². The molecule has 0 radical (unpaired) electrons. The molecule has 2 aliphatic rings. The smallest absolute Gasteiger partial charge is 0.257 e. The lowest BCUT2D eigenvalue weighted by atomic mass is 10.0. The van der Waals surface area contributed by atoms with Crippen molar-refractivity contribution in [3.05, 3.63) is 23.8 Å². The Hall–Kier alpha value is -2.61. The van der Waals surface area contributed by atoms with Crippen LogP contribution < -0.4 is 10.1 Å². The molecule has 1 heterocycles. The van der Waals surface area contributed by atoms with Crippen LogP contribution in [0.2, 0.25) is 0 Å². The number of anilines is 1. The number of carbonyl (C=O) groups is 3.